The zero-order valence-electron chi connectivity index (χ0n) is 16.0. The average molecular weight is 381 g/mol. The lowest BCUT2D eigenvalue weighted by Gasteiger charge is -2.22. The molecule has 2 aromatic rings. The van der Waals surface area contributed by atoms with Gasteiger partial charge >= 0.3 is 6.03 Å². The summed E-state index contributed by atoms with van der Waals surface area (Å²) >= 11 is 0. The number of anilines is 2. The third kappa shape index (κ3) is 3.47. The van der Waals surface area contributed by atoms with Gasteiger partial charge in [-0.15, -0.1) is 0 Å². The first-order chi connectivity index (χ1) is 13.5. The van der Waals surface area contributed by atoms with Crippen LogP contribution >= 0.6 is 0 Å². The highest BCUT2D eigenvalue weighted by atomic mass is 16.6. The van der Waals surface area contributed by atoms with Crippen molar-refractivity contribution >= 4 is 23.3 Å². The Morgan fingerprint density at radius 1 is 1.07 bits per heavy atom. The minimum absolute atomic E-state index is 0.0211. The molecule has 4 rings (SSSR count). The third-order valence-electron chi connectivity index (χ3n) is 5.15. The number of ether oxygens (including phenoxy) is 2. The highest BCUT2D eigenvalue weighted by molar-refractivity contribution is 5.99. The second kappa shape index (κ2) is 7.42. The number of benzene rings is 2. The van der Waals surface area contributed by atoms with E-state index in [4.69, 9.17) is 9.47 Å². The van der Waals surface area contributed by atoms with E-state index in [2.05, 4.69) is 5.32 Å². The monoisotopic (exact) mass is 381 g/mol. The average Bonchev–Trinajstić information content (AvgIpc) is 3.05. The highest BCUT2D eigenvalue weighted by Gasteiger charge is 2.31. The highest BCUT2D eigenvalue weighted by Crippen LogP contribution is 2.35. The van der Waals surface area contributed by atoms with Gasteiger partial charge < -0.3 is 19.7 Å². The molecule has 1 fully saturated rings. The molecule has 2 aliphatic heterocycles. The van der Waals surface area contributed by atoms with E-state index in [-0.39, 0.29) is 18.5 Å². The molecule has 0 aromatic heterocycles. The summed E-state index contributed by atoms with van der Waals surface area (Å²) in [5.74, 6) is 1.13. The van der Waals surface area contributed by atoms with Crippen LogP contribution in [0.4, 0.5) is 16.2 Å². The number of amides is 3. The van der Waals surface area contributed by atoms with Gasteiger partial charge in [-0.25, -0.2) is 4.79 Å². The normalized spacial score (nSPS) is 15.7. The Morgan fingerprint density at radius 3 is 2.68 bits per heavy atom. The number of hydrogen-bond donors (Lipinski definition) is 1. The molecule has 0 atom stereocenters. The van der Waals surface area contributed by atoms with E-state index < -0.39 is 0 Å². The number of carbonyl (C=O) groups excluding carboxylic acids is 2. The molecule has 0 spiro atoms. The number of urea groups is 1. The van der Waals surface area contributed by atoms with E-state index in [0.29, 0.717) is 37.8 Å². The fourth-order valence-corrected chi connectivity index (χ4v) is 3.42. The Morgan fingerprint density at radius 2 is 1.86 bits per heavy atom. The van der Waals surface area contributed by atoms with Crippen molar-refractivity contribution in [2.24, 2.45) is 0 Å². The first kappa shape index (κ1) is 18.2. The predicted molar refractivity (Wildman–Crippen MR) is 106 cm³/mol. The summed E-state index contributed by atoms with van der Waals surface area (Å²) in [6, 6.07) is 11.0. The van der Waals surface area contributed by atoms with Gasteiger partial charge in [-0.3, -0.25) is 9.69 Å². The minimum Gasteiger partial charge on any atom is -0.486 e. The SMILES string of the molecule is Cc1cccc(NC(=O)CN2CCN(c3ccc4c(c3)OCCO4)C2=O)c1C. The fraction of sp³-hybridized carbons (Fsp3) is 0.333. The van der Waals surface area contributed by atoms with Crippen LogP contribution in [0.3, 0.4) is 0 Å². The molecule has 0 unspecified atom stereocenters. The van der Waals surface area contributed by atoms with Crippen molar-refractivity contribution in [1.29, 1.82) is 0 Å². The quantitative estimate of drug-likeness (QED) is 0.884. The van der Waals surface area contributed by atoms with Crippen LogP contribution in [0.1, 0.15) is 11.1 Å². The first-order valence-corrected chi connectivity index (χ1v) is 9.35. The summed E-state index contributed by atoms with van der Waals surface area (Å²) in [7, 11) is 0. The lowest BCUT2D eigenvalue weighted by Crippen LogP contribution is -2.37. The van der Waals surface area contributed by atoms with E-state index >= 15 is 0 Å². The second-order valence-corrected chi connectivity index (χ2v) is 6.98. The van der Waals surface area contributed by atoms with Gasteiger partial charge in [0.15, 0.2) is 11.5 Å². The lowest BCUT2D eigenvalue weighted by molar-refractivity contribution is -0.116. The van der Waals surface area contributed by atoms with Gasteiger partial charge in [0.2, 0.25) is 5.91 Å². The number of nitrogens with one attached hydrogen (secondary N) is 1. The number of nitrogens with zero attached hydrogens (tertiary/aromatic N) is 2. The van der Waals surface area contributed by atoms with Crippen LogP contribution in [0.5, 0.6) is 11.5 Å². The first-order valence-electron chi connectivity index (χ1n) is 9.35. The zero-order chi connectivity index (χ0) is 19.7. The van der Waals surface area contributed by atoms with Crippen molar-refractivity contribution in [2.45, 2.75) is 13.8 Å². The van der Waals surface area contributed by atoms with Gasteiger partial charge in [0.1, 0.15) is 19.8 Å². The lowest BCUT2D eigenvalue weighted by atomic mass is 10.1. The minimum atomic E-state index is -0.203. The van der Waals surface area contributed by atoms with Crippen molar-refractivity contribution in [1.82, 2.24) is 4.90 Å². The summed E-state index contributed by atoms with van der Waals surface area (Å²) in [4.78, 5) is 28.4. The van der Waals surface area contributed by atoms with E-state index in [1.54, 1.807) is 9.80 Å². The van der Waals surface area contributed by atoms with Crippen LogP contribution in [-0.4, -0.2) is 49.7 Å². The van der Waals surface area contributed by atoms with Crippen LogP contribution < -0.4 is 19.7 Å². The molecule has 1 N–H and O–H groups in total. The smallest absolute Gasteiger partial charge is 0.325 e. The molecule has 0 radical (unpaired) electrons. The molecule has 1 saturated heterocycles. The molecule has 0 aliphatic carbocycles. The van der Waals surface area contributed by atoms with Crippen LogP contribution in [0.15, 0.2) is 36.4 Å². The Labute approximate surface area is 163 Å². The molecular formula is C21H23N3O4. The molecule has 0 bridgehead atoms. The summed E-state index contributed by atoms with van der Waals surface area (Å²) in [5.41, 5.74) is 3.66. The molecule has 7 nitrogen and oxygen atoms in total. The van der Waals surface area contributed by atoms with Crippen molar-refractivity contribution in [3.8, 4) is 11.5 Å². The summed E-state index contributed by atoms with van der Waals surface area (Å²) in [6.45, 7) is 6.03. The zero-order valence-corrected chi connectivity index (χ0v) is 16.0. The van der Waals surface area contributed by atoms with Crippen LogP contribution in [0.2, 0.25) is 0 Å². The van der Waals surface area contributed by atoms with Crippen LogP contribution in [0.25, 0.3) is 0 Å². The van der Waals surface area contributed by atoms with Crippen molar-refractivity contribution in [3.63, 3.8) is 0 Å². The van der Waals surface area contributed by atoms with Gasteiger partial charge in [-0.05, 0) is 43.2 Å². The molecule has 3 amide bonds. The Kier molecular flexibility index (Phi) is 4.81. The van der Waals surface area contributed by atoms with Gasteiger partial charge in [0.05, 0.1) is 0 Å². The summed E-state index contributed by atoms with van der Waals surface area (Å²) in [6.07, 6.45) is 0. The molecule has 0 saturated carbocycles. The van der Waals surface area contributed by atoms with E-state index in [1.807, 2.05) is 50.2 Å². The van der Waals surface area contributed by atoms with Gasteiger partial charge in [0.25, 0.3) is 0 Å². The maximum atomic E-state index is 12.8. The van der Waals surface area contributed by atoms with Crippen molar-refractivity contribution < 1.29 is 19.1 Å². The standard InChI is InChI=1S/C21H23N3O4/c1-14-4-3-5-17(15(14)2)22-20(25)13-23-8-9-24(21(23)26)16-6-7-18-19(12-16)28-11-10-27-18/h3-7,12H,8-11,13H2,1-2H3,(H,22,25). The van der Waals surface area contributed by atoms with E-state index in [9.17, 15) is 9.59 Å². The largest absolute Gasteiger partial charge is 0.486 e. The van der Waals surface area contributed by atoms with Crippen LogP contribution in [0, 0.1) is 13.8 Å². The third-order valence-corrected chi connectivity index (χ3v) is 5.15. The molecule has 2 aliphatic rings. The number of rotatable bonds is 4. The molecule has 28 heavy (non-hydrogen) atoms. The summed E-state index contributed by atoms with van der Waals surface area (Å²) in [5, 5.41) is 2.91. The maximum Gasteiger partial charge on any atom is 0.325 e. The second-order valence-electron chi connectivity index (χ2n) is 6.98. The van der Waals surface area contributed by atoms with Crippen LogP contribution in [-0.2, 0) is 4.79 Å². The van der Waals surface area contributed by atoms with Gasteiger partial charge in [0, 0.05) is 30.5 Å². The van der Waals surface area contributed by atoms with Crippen molar-refractivity contribution in [3.05, 3.63) is 47.5 Å². The summed E-state index contributed by atoms with van der Waals surface area (Å²) < 4.78 is 11.1. The Bertz CT molecular complexity index is 928. The fourth-order valence-electron chi connectivity index (χ4n) is 3.42. The van der Waals surface area contributed by atoms with Gasteiger partial charge in [-0.1, -0.05) is 12.1 Å². The topological polar surface area (TPSA) is 71.1 Å². The van der Waals surface area contributed by atoms with Gasteiger partial charge in [-0.2, -0.15) is 0 Å². The maximum absolute atomic E-state index is 12.8. The van der Waals surface area contributed by atoms with Crippen molar-refractivity contribution in [2.75, 3.05) is 43.1 Å². The molecule has 146 valence electrons. The molecule has 2 aromatic carbocycles. The molecular weight excluding hydrogens is 358 g/mol. The Balaban J connectivity index is 1.41. The number of hydrogen-bond acceptors (Lipinski definition) is 4. The molecule has 7 heteroatoms. The van der Waals surface area contributed by atoms with E-state index in [1.165, 1.54) is 0 Å². The number of fused-ring (bicyclic) bond motifs is 1. The Hall–Kier alpha value is -3.22. The molecule has 2 heterocycles. The van der Waals surface area contributed by atoms with E-state index in [0.717, 1.165) is 22.5 Å². The number of aryl methyl sites for hydroxylation is 1. The number of carbonyl (C=O) groups is 2. The predicted octanol–water partition coefficient (Wildman–Crippen LogP) is 2.96.